The van der Waals surface area contributed by atoms with Gasteiger partial charge in [-0.25, -0.2) is 4.79 Å². The molecular weight excluding hydrogens is 212 g/mol. The standard InChI is InChI=1S/C11H14O5/c1-5-4-7(9(13)11(14)15)10(16-3)8(12)6(5)2/h4,9,12-13H,1-3H3,(H,14,15). The van der Waals surface area contributed by atoms with Gasteiger partial charge in [0.25, 0.3) is 0 Å². The van der Waals surface area contributed by atoms with E-state index in [1.807, 2.05) is 0 Å². The van der Waals surface area contributed by atoms with Gasteiger partial charge in [0.1, 0.15) is 0 Å². The van der Waals surface area contributed by atoms with E-state index in [9.17, 15) is 15.0 Å². The number of carbonyl (C=O) groups is 1. The highest BCUT2D eigenvalue weighted by atomic mass is 16.5. The van der Waals surface area contributed by atoms with Crippen LogP contribution in [0.15, 0.2) is 6.07 Å². The number of carboxylic acid groups (broad SMARTS) is 1. The zero-order valence-corrected chi connectivity index (χ0v) is 9.31. The summed E-state index contributed by atoms with van der Waals surface area (Å²) in [4.78, 5) is 10.7. The van der Waals surface area contributed by atoms with E-state index in [1.54, 1.807) is 13.8 Å². The number of methoxy groups -OCH3 is 1. The molecule has 5 nitrogen and oxygen atoms in total. The maximum Gasteiger partial charge on any atom is 0.337 e. The lowest BCUT2D eigenvalue weighted by Gasteiger charge is -2.16. The zero-order valence-electron chi connectivity index (χ0n) is 9.31. The Hall–Kier alpha value is -1.75. The van der Waals surface area contributed by atoms with Crippen molar-refractivity contribution in [1.29, 1.82) is 0 Å². The number of aromatic hydroxyl groups is 1. The van der Waals surface area contributed by atoms with Gasteiger partial charge in [0.05, 0.1) is 7.11 Å². The highest BCUT2D eigenvalue weighted by molar-refractivity contribution is 5.76. The average molecular weight is 226 g/mol. The van der Waals surface area contributed by atoms with E-state index in [4.69, 9.17) is 9.84 Å². The van der Waals surface area contributed by atoms with Crippen LogP contribution >= 0.6 is 0 Å². The molecule has 1 aromatic rings. The van der Waals surface area contributed by atoms with Crippen molar-refractivity contribution in [2.45, 2.75) is 20.0 Å². The predicted octanol–water partition coefficient (Wildman–Crippen LogP) is 1.14. The van der Waals surface area contributed by atoms with Gasteiger partial charge in [-0.3, -0.25) is 0 Å². The number of phenols is 1. The molecule has 5 heteroatoms. The predicted molar refractivity (Wildman–Crippen MR) is 56.7 cm³/mol. The minimum absolute atomic E-state index is 0.00185. The van der Waals surface area contributed by atoms with Crippen LogP contribution in [-0.4, -0.2) is 28.4 Å². The number of aliphatic hydroxyl groups excluding tert-OH is 1. The maximum atomic E-state index is 10.7. The fourth-order valence-corrected chi connectivity index (χ4v) is 1.45. The largest absolute Gasteiger partial charge is 0.504 e. The molecule has 0 aliphatic heterocycles. The molecular formula is C11H14O5. The molecule has 0 spiro atoms. The summed E-state index contributed by atoms with van der Waals surface area (Å²) in [6.45, 7) is 3.40. The average Bonchev–Trinajstić information content (AvgIpc) is 2.24. The van der Waals surface area contributed by atoms with Gasteiger partial charge in [0.15, 0.2) is 17.6 Å². The minimum Gasteiger partial charge on any atom is -0.504 e. The second-order valence-corrected chi connectivity index (χ2v) is 3.53. The van der Waals surface area contributed by atoms with E-state index in [1.165, 1.54) is 13.2 Å². The van der Waals surface area contributed by atoms with E-state index in [0.29, 0.717) is 11.1 Å². The second kappa shape index (κ2) is 4.40. The second-order valence-electron chi connectivity index (χ2n) is 3.53. The lowest BCUT2D eigenvalue weighted by atomic mass is 10.00. The summed E-state index contributed by atoms with van der Waals surface area (Å²) in [5, 5.41) is 27.9. The molecule has 0 aromatic heterocycles. The molecule has 0 heterocycles. The molecule has 1 unspecified atom stereocenters. The van der Waals surface area contributed by atoms with Crippen LogP contribution in [0.5, 0.6) is 11.5 Å². The smallest absolute Gasteiger partial charge is 0.337 e. The van der Waals surface area contributed by atoms with Crippen LogP contribution in [0.3, 0.4) is 0 Å². The molecule has 0 saturated heterocycles. The molecule has 3 N–H and O–H groups in total. The van der Waals surface area contributed by atoms with Gasteiger partial charge in [0.2, 0.25) is 0 Å². The van der Waals surface area contributed by atoms with Crippen LogP contribution in [0.1, 0.15) is 22.8 Å². The molecule has 88 valence electrons. The van der Waals surface area contributed by atoms with Crippen molar-refractivity contribution in [3.05, 3.63) is 22.8 Å². The molecule has 0 amide bonds. The van der Waals surface area contributed by atoms with Crippen molar-refractivity contribution in [1.82, 2.24) is 0 Å². The Morgan fingerprint density at radius 1 is 1.44 bits per heavy atom. The number of benzene rings is 1. The Balaban J connectivity index is 3.44. The molecule has 0 aliphatic carbocycles. The Morgan fingerprint density at radius 3 is 2.44 bits per heavy atom. The van der Waals surface area contributed by atoms with E-state index in [2.05, 4.69) is 0 Å². The molecule has 0 radical (unpaired) electrons. The summed E-state index contributed by atoms with van der Waals surface area (Å²) in [6.07, 6.45) is -1.71. The fourth-order valence-electron chi connectivity index (χ4n) is 1.45. The fraction of sp³-hybridized carbons (Fsp3) is 0.364. The van der Waals surface area contributed by atoms with Gasteiger partial charge in [0, 0.05) is 5.56 Å². The topological polar surface area (TPSA) is 87.0 Å². The van der Waals surface area contributed by atoms with Crippen molar-refractivity contribution in [3.8, 4) is 11.5 Å². The van der Waals surface area contributed by atoms with E-state index in [-0.39, 0.29) is 17.1 Å². The summed E-state index contributed by atoms with van der Waals surface area (Å²) < 4.78 is 4.91. The normalized spacial score (nSPS) is 12.2. The number of ether oxygens (including phenoxy) is 1. The quantitative estimate of drug-likeness (QED) is 0.719. The lowest BCUT2D eigenvalue weighted by molar-refractivity contribution is -0.147. The van der Waals surface area contributed by atoms with E-state index < -0.39 is 12.1 Å². The summed E-state index contributed by atoms with van der Waals surface area (Å²) in [6, 6.07) is 1.49. The Bertz CT molecular complexity index is 425. The van der Waals surface area contributed by atoms with Crippen molar-refractivity contribution in [3.63, 3.8) is 0 Å². The van der Waals surface area contributed by atoms with Crippen LogP contribution < -0.4 is 4.74 Å². The van der Waals surface area contributed by atoms with Crippen molar-refractivity contribution in [2.24, 2.45) is 0 Å². The van der Waals surface area contributed by atoms with Gasteiger partial charge < -0.3 is 20.1 Å². The molecule has 0 bridgehead atoms. The summed E-state index contributed by atoms with van der Waals surface area (Å²) in [5.74, 6) is -1.53. The lowest BCUT2D eigenvalue weighted by Crippen LogP contribution is -2.12. The van der Waals surface area contributed by atoms with Crippen molar-refractivity contribution in [2.75, 3.05) is 7.11 Å². The highest BCUT2D eigenvalue weighted by Gasteiger charge is 2.24. The van der Waals surface area contributed by atoms with Crippen LogP contribution in [0, 0.1) is 13.8 Å². The maximum absolute atomic E-state index is 10.7. The number of aliphatic hydroxyl groups is 1. The monoisotopic (exact) mass is 226 g/mol. The van der Waals surface area contributed by atoms with Gasteiger partial charge >= 0.3 is 5.97 Å². The minimum atomic E-state index is -1.71. The Labute approximate surface area is 92.9 Å². The molecule has 1 aromatic carbocycles. The number of hydrogen-bond acceptors (Lipinski definition) is 4. The van der Waals surface area contributed by atoms with Gasteiger partial charge in [-0.1, -0.05) is 0 Å². The molecule has 0 fully saturated rings. The first-order valence-corrected chi connectivity index (χ1v) is 4.68. The Morgan fingerprint density at radius 2 is 2.00 bits per heavy atom. The third-order valence-corrected chi connectivity index (χ3v) is 2.53. The zero-order chi connectivity index (χ0) is 12.5. The van der Waals surface area contributed by atoms with Crippen LogP contribution in [-0.2, 0) is 4.79 Å². The Kier molecular flexibility index (Phi) is 3.39. The first-order chi connectivity index (χ1) is 7.40. The number of carboxylic acids is 1. The SMILES string of the molecule is COc1c(C(O)C(=O)O)cc(C)c(C)c1O. The molecule has 1 rings (SSSR count). The number of phenolic OH excluding ortho intramolecular Hbond substituents is 1. The highest BCUT2D eigenvalue weighted by Crippen LogP contribution is 2.38. The van der Waals surface area contributed by atoms with Crippen molar-refractivity contribution >= 4 is 5.97 Å². The third-order valence-electron chi connectivity index (χ3n) is 2.53. The van der Waals surface area contributed by atoms with Gasteiger partial charge in [-0.05, 0) is 31.0 Å². The van der Waals surface area contributed by atoms with Gasteiger partial charge in [-0.2, -0.15) is 0 Å². The summed E-state index contributed by atoms with van der Waals surface area (Å²) in [7, 11) is 1.31. The number of aliphatic carboxylic acids is 1. The van der Waals surface area contributed by atoms with Crippen LogP contribution in [0.2, 0.25) is 0 Å². The summed E-state index contributed by atoms with van der Waals surface area (Å²) >= 11 is 0. The first-order valence-electron chi connectivity index (χ1n) is 4.68. The third kappa shape index (κ3) is 1.94. The molecule has 0 saturated carbocycles. The molecule has 0 aliphatic rings. The number of aryl methyl sites for hydroxylation is 1. The number of rotatable bonds is 3. The van der Waals surface area contributed by atoms with Crippen LogP contribution in [0.4, 0.5) is 0 Å². The van der Waals surface area contributed by atoms with Crippen LogP contribution in [0.25, 0.3) is 0 Å². The van der Waals surface area contributed by atoms with E-state index >= 15 is 0 Å². The molecule has 16 heavy (non-hydrogen) atoms. The van der Waals surface area contributed by atoms with Crippen molar-refractivity contribution < 1.29 is 24.9 Å². The molecule has 1 atom stereocenters. The first kappa shape index (κ1) is 12.3. The number of hydrogen-bond donors (Lipinski definition) is 3. The summed E-state index contributed by atoms with van der Waals surface area (Å²) in [5.41, 5.74) is 1.34. The van der Waals surface area contributed by atoms with E-state index in [0.717, 1.165) is 0 Å². The van der Waals surface area contributed by atoms with Gasteiger partial charge in [-0.15, -0.1) is 0 Å².